The molecule has 1 aliphatic rings. The van der Waals surface area contributed by atoms with Crippen LogP contribution < -0.4 is 11.1 Å². The summed E-state index contributed by atoms with van der Waals surface area (Å²) in [7, 11) is 1.61. The van der Waals surface area contributed by atoms with E-state index in [1.165, 1.54) is 0 Å². The number of primary amides is 1. The van der Waals surface area contributed by atoms with Gasteiger partial charge >= 0.3 is 12.0 Å². The molecule has 3 amide bonds. The van der Waals surface area contributed by atoms with Gasteiger partial charge in [0.15, 0.2) is 0 Å². The first-order chi connectivity index (χ1) is 9.93. The molecule has 0 bridgehead atoms. The third-order valence-electron chi connectivity index (χ3n) is 3.48. The zero-order valence-electron chi connectivity index (χ0n) is 12.2. The zero-order chi connectivity index (χ0) is 15.8. The van der Waals surface area contributed by atoms with Crippen molar-refractivity contribution < 1.29 is 24.2 Å². The predicted molar refractivity (Wildman–Crippen MR) is 74.6 cm³/mol. The molecule has 1 fully saturated rings. The quantitative estimate of drug-likeness (QED) is 0.599. The third-order valence-corrected chi connectivity index (χ3v) is 3.48. The highest BCUT2D eigenvalue weighted by Gasteiger charge is 2.27. The maximum absolute atomic E-state index is 12.1. The van der Waals surface area contributed by atoms with Crippen LogP contribution in [0.4, 0.5) is 4.79 Å². The summed E-state index contributed by atoms with van der Waals surface area (Å²) in [5.41, 5.74) is 5.00. The number of nitrogens with two attached hydrogens (primary N) is 1. The van der Waals surface area contributed by atoms with Crippen molar-refractivity contribution >= 4 is 17.9 Å². The van der Waals surface area contributed by atoms with Crippen LogP contribution in [0.1, 0.15) is 25.7 Å². The molecule has 0 saturated carbocycles. The smallest absolute Gasteiger partial charge is 0.326 e. The lowest BCUT2D eigenvalue weighted by Crippen LogP contribution is -2.51. The molecule has 2 atom stereocenters. The van der Waals surface area contributed by atoms with Crippen LogP contribution in [0.5, 0.6) is 0 Å². The number of ether oxygens (including phenoxy) is 1. The maximum atomic E-state index is 12.1. The van der Waals surface area contributed by atoms with Crippen molar-refractivity contribution in [2.45, 2.75) is 31.7 Å². The van der Waals surface area contributed by atoms with E-state index in [4.69, 9.17) is 15.6 Å². The van der Waals surface area contributed by atoms with Gasteiger partial charge in [-0.3, -0.25) is 4.79 Å². The van der Waals surface area contributed by atoms with Crippen molar-refractivity contribution in [3.05, 3.63) is 0 Å². The lowest BCUT2D eigenvalue weighted by atomic mass is 9.99. The first-order valence-electron chi connectivity index (χ1n) is 6.99. The van der Waals surface area contributed by atoms with Crippen LogP contribution in [0.3, 0.4) is 0 Å². The van der Waals surface area contributed by atoms with E-state index < -0.39 is 23.9 Å². The highest BCUT2D eigenvalue weighted by atomic mass is 16.5. The van der Waals surface area contributed by atoms with Gasteiger partial charge in [0.2, 0.25) is 5.91 Å². The number of methoxy groups -OCH3 is 1. The number of likely N-dealkylation sites (tertiary alicyclic amines) is 1. The molecule has 120 valence electrons. The van der Waals surface area contributed by atoms with Gasteiger partial charge in [-0.05, 0) is 19.3 Å². The summed E-state index contributed by atoms with van der Waals surface area (Å²) in [6.07, 6.45) is 1.76. The number of nitrogens with one attached hydrogen (secondary N) is 1. The van der Waals surface area contributed by atoms with Crippen molar-refractivity contribution in [3.8, 4) is 0 Å². The number of carboxylic acid groups (broad SMARTS) is 1. The van der Waals surface area contributed by atoms with Crippen LogP contribution in [0, 0.1) is 5.92 Å². The molecule has 21 heavy (non-hydrogen) atoms. The lowest BCUT2D eigenvalue weighted by molar-refractivity contribution is -0.139. The minimum Gasteiger partial charge on any atom is -0.480 e. The summed E-state index contributed by atoms with van der Waals surface area (Å²) in [5.74, 6) is -1.49. The largest absolute Gasteiger partial charge is 0.480 e. The van der Waals surface area contributed by atoms with Crippen LogP contribution in [-0.2, 0) is 14.3 Å². The Morgan fingerprint density at radius 1 is 1.48 bits per heavy atom. The molecule has 1 unspecified atom stereocenters. The minimum absolute atomic E-state index is 0.00819. The van der Waals surface area contributed by atoms with Crippen molar-refractivity contribution in [2.24, 2.45) is 11.7 Å². The van der Waals surface area contributed by atoms with E-state index >= 15 is 0 Å². The molecule has 1 saturated heterocycles. The lowest BCUT2D eigenvalue weighted by Gasteiger charge is -2.33. The molecule has 4 N–H and O–H groups in total. The van der Waals surface area contributed by atoms with Gasteiger partial charge in [0.1, 0.15) is 6.04 Å². The molecule has 8 nitrogen and oxygen atoms in total. The van der Waals surface area contributed by atoms with Crippen molar-refractivity contribution in [1.82, 2.24) is 10.2 Å². The Hall–Kier alpha value is -1.83. The molecule has 0 spiro atoms. The fourth-order valence-electron chi connectivity index (χ4n) is 2.41. The third kappa shape index (κ3) is 5.99. The number of carbonyl (C=O) groups is 3. The van der Waals surface area contributed by atoms with Gasteiger partial charge in [-0.1, -0.05) is 0 Å². The Bertz CT molecular complexity index is 386. The summed E-state index contributed by atoms with van der Waals surface area (Å²) in [5, 5.41) is 11.5. The normalized spacial score (nSPS) is 19.9. The summed E-state index contributed by atoms with van der Waals surface area (Å²) in [6, 6.07) is -1.53. The molecule has 0 aromatic carbocycles. The standard InChI is InChI=1S/C13H23N3O5/c1-21-8-9-3-2-6-16(7-9)13(20)15-10(12(18)19)4-5-11(14)17/h9-10H,2-8H2,1H3,(H2,14,17)(H,15,20)(H,18,19)/t9?,10-/m0/s1. The number of urea groups is 1. The monoisotopic (exact) mass is 301 g/mol. The first kappa shape index (κ1) is 17.2. The average Bonchev–Trinajstić information content (AvgIpc) is 2.43. The van der Waals surface area contributed by atoms with E-state index in [2.05, 4.69) is 5.32 Å². The number of carboxylic acids is 1. The number of piperidine rings is 1. The van der Waals surface area contributed by atoms with Crippen molar-refractivity contribution in [1.29, 1.82) is 0 Å². The van der Waals surface area contributed by atoms with Gasteiger partial charge in [-0.2, -0.15) is 0 Å². The van der Waals surface area contributed by atoms with Crippen LogP contribution in [0.2, 0.25) is 0 Å². The van der Waals surface area contributed by atoms with Crippen LogP contribution in [0.15, 0.2) is 0 Å². The topological polar surface area (TPSA) is 122 Å². The second-order valence-electron chi connectivity index (χ2n) is 5.25. The SMILES string of the molecule is COCC1CCCN(C(=O)N[C@@H](CCC(N)=O)C(=O)O)C1. The summed E-state index contributed by atoms with van der Waals surface area (Å²) >= 11 is 0. The number of aliphatic carboxylic acids is 1. The Morgan fingerprint density at radius 3 is 2.76 bits per heavy atom. The van der Waals surface area contributed by atoms with Gasteiger partial charge in [-0.15, -0.1) is 0 Å². The molecule has 1 aliphatic heterocycles. The van der Waals surface area contributed by atoms with Gasteiger partial charge in [0, 0.05) is 32.5 Å². The number of amides is 3. The van der Waals surface area contributed by atoms with Crippen LogP contribution in [0.25, 0.3) is 0 Å². The highest BCUT2D eigenvalue weighted by Crippen LogP contribution is 2.16. The maximum Gasteiger partial charge on any atom is 0.326 e. The van der Waals surface area contributed by atoms with Gasteiger partial charge in [0.05, 0.1) is 6.61 Å². The number of hydrogen-bond acceptors (Lipinski definition) is 4. The summed E-state index contributed by atoms with van der Waals surface area (Å²) in [6.45, 7) is 1.71. The summed E-state index contributed by atoms with van der Waals surface area (Å²) in [4.78, 5) is 35.5. The molecule has 0 aromatic rings. The zero-order valence-corrected chi connectivity index (χ0v) is 12.2. The number of rotatable bonds is 7. The van der Waals surface area contributed by atoms with E-state index in [1.54, 1.807) is 12.0 Å². The first-order valence-corrected chi connectivity index (χ1v) is 6.99. The molecular weight excluding hydrogens is 278 g/mol. The second-order valence-corrected chi connectivity index (χ2v) is 5.25. The van der Waals surface area contributed by atoms with Crippen molar-refractivity contribution in [3.63, 3.8) is 0 Å². The van der Waals surface area contributed by atoms with E-state index in [1.807, 2.05) is 0 Å². The molecule has 0 aliphatic carbocycles. The van der Waals surface area contributed by atoms with Gasteiger partial charge in [-0.25, -0.2) is 9.59 Å². The molecule has 0 aromatic heterocycles. The molecule has 0 radical (unpaired) electrons. The second kappa shape index (κ2) is 8.46. The Kier molecular flexibility index (Phi) is 6.93. The Labute approximate surface area is 123 Å². The van der Waals surface area contributed by atoms with E-state index in [0.29, 0.717) is 19.7 Å². The predicted octanol–water partition coefficient (Wildman–Crippen LogP) is -0.227. The fraction of sp³-hybridized carbons (Fsp3) is 0.769. The van der Waals surface area contributed by atoms with Crippen LogP contribution in [-0.4, -0.2) is 60.8 Å². The van der Waals surface area contributed by atoms with E-state index in [0.717, 1.165) is 12.8 Å². The van der Waals surface area contributed by atoms with Crippen molar-refractivity contribution in [2.75, 3.05) is 26.8 Å². The Morgan fingerprint density at radius 2 is 2.19 bits per heavy atom. The van der Waals surface area contributed by atoms with Gasteiger partial charge < -0.3 is 25.8 Å². The van der Waals surface area contributed by atoms with E-state index in [9.17, 15) is 14.4 Å². The molecular formula is C13H23N3O5. The highest BCUT2D eigenvalue weighted by molar-refractivity contribution is 5.83. The Balaban J connectivity index is 2.52. The molecule has 1 heterocycles. The summed E-state index contributed by atoms with van der Waals surface area (Å²) < 4.78 is 5.09. The van der Waals surface area contributed by atoms with Gasteiger partial charge in [0.25, 0.3) is 0 Å². The minimum atomic E-state index is -1.17. The average molecular weight is 301 g/mol. The van der Waals surface area contributed by atoms with E-state index in [-0.39, 0.29) is 18.8 Å². The number of hydrogen-bond donors (Lipinski definition) is 3. The molecule has 8 heteroatoms. The number of carbonyl (C=O) groups excluding carboxylic acids is 2. The number of nitrogens with zero attached hydrogens (tertiary/aromatic N) is 1. The fourth-order valence-corrected chi connectivity index (χ4v) is 2.41. The van der Waals surface area contributed by atoms with Crippen LogP contribution >= 0.6 is 0 Å². The molecule has 1 rings (SSSR count).